The van der Waals surface area contributed by atoms with E-state index in [-0.39, 0.29) is 17.4 Å². The van der Waals surface area contributed by atoms with Crippen LogP contribution in [0.5, 0.6) is 0 Å². The Morgan fingerprint density at radius 3 is 2.53 bits per heavy atom. The SMILES string of the molecule is Cn1c(CCc2ccccc2)nc2nc(N3CCCC(N)C3)n(Cc3ccc(F)cc3)c2c1=O. The van der Waals surface area contributed by atoms with Gasteiger partial charge in [-0.2, -0.15) is 4.98 Å². The van der Waals surface area contributed by atoms with Gasteiger partial charge in [-0.3, -0.25) is 13.9 Å². The molecule has 2 N–H and O–H groups in total. The second-order valence-electron chi connectivity index (χ2n) is 9.02. The average Bonchev–Trinajstić information content (AvgIpc) is 3.20. The van der Waals surface area contributed by atoms with Crippen molar-refractivity contribution >= 4 is 17.1 Å². The zero-order valence-corrected chi connectivity index (χ0v) is 19.3. The summed E-state index contributed by atoms with van der Waals surface area (Å²) < 4.78 is 17.0. The van der Waals surface area contributed by atoms with E-state index < -0.39 is 0 Å². The largest absolute Gasteiger partial charge is 0.341 e. The summed E-state index contributed by atoms with van der Waals surface area (Å²) in [5.74, 6) is 1.11. The molecule has 0 spiro atoms. The molecule has 7 nitrogen and oxygen atoms in total. The van der Waals surface area contributed by atoms with Crippen LogP contribution in [0.1, 0.15) is 29.8 Å². The maximum absolute atomic E-state index is 13.5. The van der Waals surface area contributed by atoms with Crippen molar-refractivity contribution in [3.8, 4) is 0 Å². The fraction of sp³-hybridized carbons (Fsp3) is 0.346. The number of halogens is 1. The van der Waals surface area contributed by atoms with Gasteiger partial charge in [0.25, 0.3) is 5.56 Å². The highest BCUT2D eigenvalue weighted by Gasteiger charge is 2.25. The van der Waals surface area contributed by atoms with E-state index in [1.165, 1.54) is 17.7 Å². The number of benzene rings is 2. The molecule has 34 heavy (non-hydrogen) atoms. The van der Waals surface area contributed by atoms with E-state index in [9.17, 15) is 9.18 Å². The van der Waals surface area contributed by atoms with Gasteiger partial charge in [-0.15, -0.1) is 0 Å². The monoisotopic (exact) mass is 460 g/mol. The highest BCUT2D eigenvalue weighted by Crippen LogP contribution is 2.24. The van der Waals surface area contributed by atoms with Crippen LogP contribution in [-0.2, 0) is 26.4 Å². The second-order valence-corrected chi connectivity index (χ2v) is 9.02. The predicted molar refractivity (Wildman–Crippen MR) is 132 cm³/mol. The van der Waals surface area contributed by atoms with Crippen molar-refractivity contribution < 1.29 is 4.39 Å². The van der Waals surface area contributed by atoms with Crippen molar-refractivity contribution in [1.29, 1.82) is 0 Å². The summed E-state index contributed by atoms with van der Waals surface area (Å²) in [7, 11) is 1.76. The van der Waals surface area contributed by atoms with Crippen molar-refractivity contribution in [1.82, 2.24) is 19.1 Å². The Hall–Kier alpha value is -3.52. The minimum absolute atomic E-state index is 0.0602. The predicted octanol–water partition coefficient (Wildman–Crippen LogP) is 3.03. The molecule has 176 valence electrons. The first kappa shape index (κ1) is 22.3. The van der Waals surface area contributed by atoms with Gasteiger partial charge in [0.05, 0.1) is 6.54 Å². The Labute approximate surface area is 197 Å². The minimum atomic E-state index is -0.290. The van der Waals surface area contributed by atoms with E-state index in [1.807, 2.05) is 22.8 Å². The van der Waals surface area contributed by atoms with Gasteiger partial charge in [0.2, 0.25) is 5.95 Å². The summed E-state index contributed by atoms with van der Waals surface area (Å²) >= 11 is 0. The maximum Gasteiger partial charge on any atom is 0.279 e. The summed E-state index contributed by atoms with van der Waals surface area (Å²) in [6.07, 6.45) is 3.37. The first-order valence-electron chi connectivity index (χ1n) is 11.7. The highest BCUT2D eigenvalue weighted by molar-refractivity contribution is 5.74. The number of hydrogen-bond donors (Lipinski definition) is 1. The summed E-state index contributed by atoms with van der Waals surface area (Å²) in [5.41, 5.74) is 9.11. The molecule has 2 aromatic carbocycles. The number of hydrogen-bond acceptors (Lipinski definition) is 5. The summed E-state index contributed by atoms with van der Waals surface area (Å²) in [6, 6.07) is 16.6. The van der Waals surface area contributed by atoms with Crippen LogP contribution in [0, 0.1) is 5.82 Å². The van der Waals surface area contributed by atoms with Gasteiger partial charge in [-0.1, -0.05) is 42.5 Å². The number of rotatable bonds is 6. The third-order valence-electron chi connectivity index (χ3n) is 6.53. The van der Waals surface area contributed by atoms with E-state index in [4.69, 9.17) is 15.7 Å². The normalized spacial score (nSPS) is 16.3. The van der Waals surface area contributed by atoms with Crippen molar-refractivity contribution in [2.45, 2.75) is 38.3 Å². The van der Waals surface area contributed by atoms with E-state index in [2.05, 4.69) is 17.0 Å². The zero-order valence-electron chi connectivity index (χ0n) is 19.3. The lowest BCUT2D eigenvalue weighted by atomic mass is 10.1. The van der Waals surface area contributed by atoms with Crippen LogP contribution in [0.3, 0.4) is 0 Å². The molecule has 0 bridgehead atoms. The zero-order chi connectivity index (χ0) is 23.7. The van der Waals surface area contributed by atoms with Crippen molar-refractivity contribution in [3.63, 3.8) is 0 Å². The molecule has 1 unspecified atom stereocenters. The Bertz CT molecular complexity index is 1350. The molecule has 1 aliphatic rings. The average molecular weight is 461 g/mol. The lowest BCUT2D eigenvalue weighted by Crippen LogP contribution is -2.44. The molecule has 1 aliphatic heterocycles. The number of fused-ring (bicyclic) bond motifs is 1. The van der Waals surface area contributed by atoms with Crippen LogP contribution < -0.4 is 16.2 Å². The number of piperidine rings is 1. The Kier molecular flexibility index (Phi) is 6.15. The molecule has 2 aromatic heterocycles. The van der Waals surface area contributed by atoms with E-state index in [0.717, 1.165) is 31.4 Å². The Morgan fingerprint density at radius 1 is 1.03 bits per heavy atom. The first-order valence-corrected chi connectivity index (χ1v) is 11.7. The third-order valence-corrected chi connectivity index (χ3v) is 6.53. The van der Waals surface area contributed by atoms with Crippen LogP contribution in [-0.4, -0.2) is 38.2 Å². The van der Waals surface area contributed by atoms with Crippen LogP contribution in [0.25, 0.3) is 11.2 Å². The summed E-state index contributed by atoms with van der Waals surface area (Å²) in [4.78, 5) is 25.3. The fourth-order valence-electron chi connectivity index (χ4n) is 4.67. The number of imidazole rings is 1. The minimum Gasteiger partial charge on any atom is -0.341 e. The third kappa shape index (κ3) is 4.46. The molecule has 1 atom stereocenters. The molecular weight excluding hydrogens is 431 g/mol. The molecule has 1 fully saturated rings. The maximum atomic E-state index is 13.5. The Morgan fingerprint density at radius 2 is 1.79 bits per heavy atom. The van der Waals surface area contributed by atoms with E-state index in [0.29, 0.717) is 42.4 Å². The standard InChI is InChI=1S/C26H29FN6O/c1-31-22(14-11-18-6-3-2-4-7-18)29-24-23(25(31)34)33(16-19-9-12-20(27)13-10-19)26(30-24)32-15-5-8-21(28)17-32/h2-4,6-7,9-10,12-13,21H,5,8,11,14-17,28H2,1H3. The second kappa shape index (κ2) is 9.38. The van der Waals surface area contributed by atoms with Crippen LogP contribution >= 0.6 is 0 Å². The summed E-state index contributed by atoms with van der Waals surface area (Å²) in [6.45, 7) is 1.90. The van der Waals surface area contributed by atoms with Crippen LogP contribution in [0.15, 0.2) is 59.4 Å². The quantitative estimate of drug-likeness (QED) is 0.478. The van der Waals surface area contributed by atoms with Crippen molar-refractivity contribution in [2.24, 2.45) is 12.8 Å². The van der Waals surface area contributed by atoms with Gasteiger partial charge in [-0.05, 0) is 42.5 Å². The van der Waals surface area contributed by atoms with Gasteiger partial charge < -0.3 is 10.6 Å². The first-order chi connectivity index (χ1) is 16.5. The van der Waals surface area contributed by atoms with Gasteiger partial charge in [0, 0.05) is 32.6 Å². The van der Waals surface area contributed by atoms with Gasteiger partial charge in [-0.25, -0.2) is 9.37 Å². The fourth-order valence-corrected chi connectivity index (χ4v) is 4.67. The van der Waals surface area contributed by atoms with Gasteiger partial charge >= 0.3 is 0 Å². The smallest absolute Gasteiger partial charge is 0.279 e. The van der Waals surface area contributed by atoms with Crippen LogP contribution in [0.4, 0.5) is 10.3 Å². The van der Waals surface area contributed by atoms with Gasteiger partial charge in [0.15, 0.2) is 11.2 Å². The molecule has 4 aromatic rings. The van der Waals surface area contributed by atoms with E-state index in [1.54, 1.807) is 23.7 Å². The lowest BCUT2D eigenvalue weighted by Gasteiger charge is -2.31. The molecule has 0 saturated carbocycles. The van der Waals surface area contributed by atoms with Crippen LogP contribution in [0.2, 0.25) is 0 Å². The van der Waals surface area contributed by atoms with Crippen molar-refractivity contribution in [3.05, 3.63) is 87.7 Å². The number of nitrogens with two attached hydrogens (primary N) is 1. The summed E-state index contributed by atoms with van der Waals surface area (Å²) in [5, 5.41) is 0. The molecule has 8 heteroatoms. The number of aryl methyl sites for hydroxylation is 2. The lowest BCUT2D eigenvalue weighted by molar-refractivity contribution is 0.495. The molecular formula is C26H29FN6O. The molecule has 0 aliphatic carbocycles. The van der Waals surface area contributed by atoms with E-state index >= 15 is 0 Å². The molecule has 0 amide bonds. The topological polar surface area (TPSA) is 82.0 Å². The molecule has 5 rings (SSSR count). The number of aromatic nitrogens is 4. The molecule has 0 radical (unpaired) electrons. The highest BCUT2D eigenvalue weighted by atomic mass is 19.1. The molecule has 3 heterocycles. The van der Waals surface area contributed by atoms with Crippen molar-refractivity contribution in [2.75, 3.05) is 18.0 Å². The Balaban J connectivity index is 1.58. The number of nitrogens with zero attached hydrogens (tertiary/aromatic N) is 5. The molecule has 1 saturated heterocycles. The van der Waals surface area contributed by atoms with Gasteiger partial charge in [0.1, 0.15) is 11.6 Å². The number of anilines is 1.